The fraction of sp³-hybridized carbons (Fsp3) is 0.500. The Morgan fingerprint density at radius 1 is 1.38 bits per heavy atom. The van der Waals surface area contributed by atoms with Gasteiger partial charge in [-0.3, -0.25) is 4.79 Å². The molecule has 2 heterocycles. The fourth-order valence-electron chi connectivity index (χ4n) is 2.91. The van der Waals surface area contributed by atoms with Gasteiger partial charge in [-0.2, -0.15) is 0 Å². The van der Waals surface area contributed by atoms with Crippen molar-refractivity contribution in [3.63, 3.8) is 0 Å². The van der Waals surface area contributed by atoms with Gasteiger partial charge in [0.1, 0.15) is 0 Å². The first-order valence-electron chi connectivity index (χ1n) is 8.37. The van der Waals surface area contributed by atoms with Gasteiger partial charge in [0.2, 0.25) is 0 Å². The molecule has 1 aromatic heterocycles. The number of carbonyl (C=O) groups is 1. The Kier molecular flexibility index (Phi) is 4.41. The monoisotopic (exact) mass is 328 g/mol. The van der Waals surface area contributed by atoms with Crippen LogP contribution >= 0.6 is 0 Å². The molecule has 1 unspecified atom stereocenters. The van der Waals surface area contributed by atoms with Gasteiger partial charge < -0.3 is 10.1 Å². The van der Waals surface area contributed by atoms with Crippen molar-refractivity contribution in [2.45, 2.75) is 58.8 Å². The number of rotatable bonds is 3. The number of aromatic nitrogens is 3. The van der Waals surface area contributed by atoms with Crippen molar-refractivity contribution in [3.05, 3.63) is 41.2 Å². The lowest BCUT2D eigenvalue weighted by Gasteiger charge is -2.25. The number of ether oxygens (including phenoxy) is 1. The second-order valence-corrected chi connectivity index (χ2v) is 7.13. The van der Waals surface area contributed by atoms with Crippen LogP contribution in [0.5, 0.6) is 0 Å². The average Bonchev–Trinajstić information content (AvgIpc) is 2.82. The molecule has 128 valence electrons. The highest BCUT2D eigenvalue weighted by atomic mass is 16.5. The Morgan fingerprint density at radius 2 is 2.12 bits per heavy atom. The van der Waals surface area contributed by atoms with Crippen LogP contribution in [0.3, 0.4) is 0 Å². The van der Waals surface area contributed by atoms with E-state index in [4.69, 9.17) is 4.74 Å². The molecule has 0 saturated heterocycles. The smallest absolute Gasteiger partial charge is 0.254 e. The van der Waals surface area contributed by atoms with Crippen LogP contribution in [0.2, 0.25) is 0 Å². The van der Waals surface area contributed by atoms with E-state index in [-0.39, 0.29) is 11.4 Å². The van der Waals surface area contributed by atoms with Crippen molar-refractivity contribution in [1.29, 1.82) is 0 Å². The minimum atomic E-state index is -0.656. The lowest BCUT2D eigenvalue weighted by Crippen LogP contribution is -2.43. The van der Waals surface area contributed by atoms with E-state index < -0.39 is 6.10 Å². The third kappa shape index (κ3) is 3.19. The van der Waals surface area contributed by atoms with E-state index in [1.165, 1.54) is 0 Å². The van der Waals surface area contributed by atoms with Gasteiger partial charge in [0.05, 0.1) is 23.7 Å². The molecule has 1 atom stereocenters. The maximum Gasteiger partial charge on any atom is 0.254 e. The van der Waals surface area contributed by atoms with Crippen molar-refractivity contribution in [3.8, 4) is 5.69 Å². The first-order chi connectivity index (χ1) is 11.4. The normalized spacial score (nSPS) is 16.9. The lowest BCUT2D eigenvalue weighted by molar-refractivity contribution is -0.135. The number of fused-ring (bicyclic) bond motifs is 3. The minimum Gasteiger partial charge on any atom is -0.357 e. The first kappa shape index (κ1) is 16.6. The highest BCUT2D eigenvalue weighted by Crippen LogP contribution is 2.31. The molecule has 0 bridgehead atoms. The summed E-state index contributed by atoms with van der Waals surface area (Å²) in [7, 11) is 0. The molecule has 6 heteroatoms. The quantitative estimate of drug-likeness (QED) is 0.940. The Balaban J connectivity index is 2.02. The molecule has 0 aliphatic carbocycles. The summed E-state index contributed by atoms with van der Waals surface area (Å²) in [6.07, 6.45) is 1.18. The van der Waals surface area contributed by atoms with Crippen LogP contribution in [0.15, 0.2) is 24.3 Å². The van der Waals surface area contributed by atoms with Crippen LogP contribution in [-0.4, -0.2) is 26.4 Å². The van der Waals surface area contributed by atoms with Gasteiger partial charge in [-0.25, -0.2) is 4.68 Å². The van der Waals surface area contributed by atoms with Gasteiger partial charge in [0.25, 0.3) is 5.91 Å². The number of carbonyl (C=O) groups excluding carboxylic acids is 1. The summed E-state index contributed by atoms with van der Waals surface area (Å²) in [6.45, 7) is 8.31. The topological polar surface area (TPSA) is 69.0 Å². The molecule has 2 aromatic rings. The van der Waals surface area contributed by atoms with Crippen LogP contribution in [0.25, 0.3) is 5.69 Å². The fourth-order valence-corrected chi connectivity index (χ4v) is 2.91. The Bertz CT molecular complexity index is 746. The largest absolute Gasteiger partial charge is 0.357 e. The molecule has 3 rings (SSSR count). The summed E-state index contributed by atoms with van der Waals surface area (Å²) >= 11 is 0. The van der Waals surface area contributed by atoms with E-state index in [0.29, 0.717) is 6.61 Å². The molecule has 1 aliphatic rings. The van der Waals surface area contributed by atoms with E-state index in [9.17, 15) is 4.79 Å². The number of amides is 1. The van der Waals surface area contributed by atoms with Crippen LogP contribution in [-0.2, 0) is 22.6 Å². The Morgan fingerprint density at radius 3 is 2.83 bits per heavy atom. The number of nitrogens with one attached hydrogen (secondary N) is 1. The zero-order valence-corrected chi connectivity index (χ0v) is 14.7. The summed E-state index contributed by atoms with van der Waals surface area (Å²) in [4.78, 5) is 12.7. The summed E-state index contributed by atoms with van der Waals surface area (Å²) < 4.78 is 7.81. The molecule has 0 fully saturated rings. The lowest BCUT2D eigenvalue weighted by atomic mass is 10.0. The number of para-hydroxylation sites is 1. The van der Waals surface area contributed by atoms with Gasteiger partial charge in [-0.15, -0.1) is 5.10 Å². The zero-order valence-electron chi connectivity index (χ0n) is 14.7. The molecular weight excluding hydrogens is 304 g/mol. The number of nitrogens with zero attached hydrogens (tertiary/aromatic N) is 3. The van der Waals surface area contributed by atoms with Gasteiger partial charge in [0.15, 0.2) is 6.10 Å². The third-order valence-electron chi connectivity index (χ3n) is 3.90. The zero-order chi connectivity index (χ0) is 17.3. The Labute approximate surface area is 142 Å². The summed E-state index contributed by atoms with van der Waals surface area (Å²) in [6, 6.07) is 7.72. The van der Waals surface area contributed by atoms with Crippen LogP contribution < -0.4 is 5.32 Å². The highest BCUT2D eigenvalue weighted by molar-refractivity contribution is 5.84. The van der Waals surface area contributed by atoms with Crippen LogP contribution in [0, 0.1) is 0 Å². The second kappa shape index (κ2) is 6.36. The summed E-state index contributed by atoms with van der Waals surface area (Å²) in [5.74, 6) is -0.134. The van der Waals surface area contributed by atoms with Gasteiger partial charge in [0, 0.05) is 11.1 Å². The van der Waals surface area contributed by atoms with E-state index in [2.05, 4.69) is 22.6 Å². The third-order valence-corrected chi connectivity index (χ3v) is 3.90. The molecule has 1 amide bonds. The number of hydrogen-bond donors (Lipinski definition) is 1. The molecule has 1 aromatic carbocycles. The van der Waals surface area contributed by atoms with E-state index >= 15 is 0 Å². The molecule has 1 aliphatic heterocycles. The SMILES string of the molecule is CCCc1nnn2c1COC(C(=O)NC(C)(C)C)c1ccccc1-2. The molecule has 0 saturated carbocycles. The maximum atomic E-state index is 12.7. The minimum absolute atomic E-state index is 0.134. The van der Waals surface area contributed by atoms with Crippen molar-refractivity contribution in [2.24, 2.45) is 0 Å². The number of hydrogen-bond acceptors (Lipinski definition) is 4. The molecule has 0 radical (unpaired) electrons. The molecule has 1 N–H and O–H groups in total. The predicted molar refractivity (Wildman–Crippen MR) is 90.8 cm³/mol. The summed E-state index contributed by atoms with van der Waals surface area (Å²) in [5.41, 5.74) is 3.21. The maximum absolute atomic E-state index is 12.7. The van der Waals surface area contributed by atoms with Crippen LogP contribution in [0.1, 0.15) is 57.2 Å². The van der Waals surface area contributed by atoms with Crippen molar-refractivity contribution in [2.75, 3.05) is 0 Å². The van der Waals surface area contributed by atoms with Crippen molar-refractivity contribution >= 4 is 5.91 Å². The van der Waals surface area contributed by atoms with Gasteiger partial charge in [-0.05, 0) is 33.3 Å². The van der Waals surface area contributed by atoms with E-state index in [1.807, 2.05) is 49.7 Å². The number of benzene rings is 1. The van der Waals surface area contributed by atoms with E-state index in [1.54, 1.807) is 0 Å². The standard InChI is InChI=1S/C18H24N4O2/c1-5-8-13-15-11-24-16(17(23)19-18(2,3)4)12-9-6-7-10-14(12)22(15)21-20-13/h6-7,9-10,16H,5,8,11H2,1-4H3,(H,19,23). The first-order valence-corrected chi connectivity index (χ1v) is 8.37. The van der Waals surface area contributed by atoms with Crippen molar-refractivity contribution < 1.29 is 9.53 Å². The molecule has 24 heavy (non-hydrogen) atoms. The van der Waals surface area contributed by atoms with Crippen molar-refractivity contribution in [1.82, 2.24) is 20.3 Å². The second-order valence-electron chi connectivity index (χ2n) is 7.13. The van der Waals surface area contributed by atoms with Crippen LogP contribution in [0.4, 0.5) is 0 Å². The number of aryl methyl sites for hydroxylation is 1. The van der Waals surface area contributed by atoms with Gasteiger partial charge >= 0.3 is 0 Å². The van der Waals surface area contributed by atoms with Gasteiger partial charge in [-0.1, -0.05) is 36.8 Å². The molecule has 0 spiro atoms. The summed E-state index contributed by atoms with van der Waals surface area (Å²) in [5, 5.41) is 11.6. The average molecular weight is 328 g/mol. The predicted octanol–water partition coefficient (Wildman–Crippen LogP) is 2.71. The molecular formula is C18H24N4O2. The highest BCUT2D eigenvalue weighted by Gasteiger charge is 2.32. The molecule has 6 nitrogen and oxygen atoms in total. The Hall–Kier alpha value is -2.21. The van der Waals surface area contributed by atoms with E-state index in [0.717, 1.165) is 35.5 Å².